The summed E-state index contributed by atoms with van der Waals surface area (Å²) in [6.07, 6.45) is -4.60. The Hall–Kier alpha value is -2.92. The number of carbonyl (C=O) groups excluding carboxylic acids is 2. The molecule has 7 nitrogen and oxygen atoms in total. The number of nitrogens with zero attached hydrogens (tertiary/aromatic N) is 1. The lowest BCUT2D eigenvalue weighted by atomic mass is 9.98. The number of sulfonamides is 1. The Kier molecular flexibility index (Phi) is 7.67. The van der Waals surface area contributed by atoms with Crippen molar-refractivity contribution in [3.8, 4) is 5.75 Å². The van der Waals surface area contributed by atoms with Crippen molar-refractivity contribution in [2.24, 2.45) is 5.92 Å². The maximum atomic E-state index is 13.3. The fourth-order valence-corrected chi connectivity index (χ4v) is 5.46. The Balaban J connectivity index is 1.65. The summed E-state index contributed by atoms with van der Waals surface area (Å²) in [6, 6.07) is 8.80. The summed E-state index contributed by atoms with van der Waals surface area (Å²) < 4.78 is 77.2. The van der Waals surface area contributed by atoms with Crippen LogP contribution in [0, 0.1) is 5.92 Å². The molecular weight excluding hydrogens is 475 g/mol. The number of esters is 1. The highest BCUT2D eigenvalue weighted by Crippen LogP contribution is 2.36. The van der Waals surface area contributed by atoms with Crippen LogP contribution >= 0.6 is 0 Å². The second-order valence-corrected chi connectivity index (χ2v) is 9.77. The second kappa shape index (κ2) is 10.1. The van der Waals surface area contributed by atoms with Gasteiger partial charge in [-0.25, -0.2) is 8.42 Å². The maximum absolute atomic E-state index is 13.3. The summed E-state index contributed by atoms with van der Waals surface area (Å²) in [5, 5.41) is 0. The third-order valence-corrected chi connectivity index (χ3v) is 7.61. The van der Waals surface area contributed by atoms with Crippen LogP contribution in [0.15, 0.2) is 47.4 Å². The predicted octanol–water partition coefficient (Wildman–Crippen LogP) is 4.06. The molecule has 184 valence electrons. The monoisotopic (exact) mass is 499 g/mol. The number of Topliss-reactive ketones (excluding diaryl/α,β-unsaturated/α-hetero) is 1. The van der Waals surface area contributed by atoms with Crippen LogP contribution in [-0.4, -0.2) is 44.7 Å². The van der Waals surface area contributed by atoms with Crippen molar-refractivity contribution in [1.29, 1.82) is 0 Å². The second-order valence-electron chi connectivity index (χ2n) is 7.86. The van der Waals surface area contributed by atoms with E-state index in [4.69, 9.17) is 9.47 Å². The molecule has 0 radical (unpaired) electrons. The van der Waals surface area contributed by atoms with Gasteiger partial charge in [0.05, 0.1) is 23.5 Å². The lowest BCUT2D eigenvalue weighted by Gasteiger charge is -2.30. The Morgan fingerprint density at radius 3 is 2.32 bits per heavy atom. The van der Waals surface area contributed by atoms with Gasteiger partial charge in [-0.15, -0.1) is 0 Å². The fraction of sp³-hybridized carbons (Fsp3) is 0.391. The van der Waals surface area contributed by atoms with E-state index in [2.05, 4.69) is 0 Å². The van der Waals surface area contributed by atoms with Gasteiger partial charge in [-0.1, -0.05) is 12.1 Å². The molecule has 0 spiro atoms. The van der Waals surface area contributed by atoms with Crippen molar-refractivity contribution in [2.75, 3.05) is 20.2 Å². The summed E-state index contributed by atoms with van der Waals surface area (Å²) in [4.78, 5) is 23.4. The Morgan fingerprint density at radius 2 is 1.74 bits per heavy atom. The number of ether oxygens (including phenoxy) is 2. The van der Waals surface area contributed by atoms with Gasteiger partial charge < -0.3 is 9.47 Å². The van der Waals surface area contributed by atoms with Gasteiger partial charge >= 0.3 is 12.1 Å². The lowest BCUT2D eigenvalue weighted by Crippen LogP contribution is -2.41. The van der Waals surface area contributed by atoms with Crippen molar-refractivity contribution in [3.05, 3.63) is 59.2 Å². The lowest BCUT2D eigenvalue weighted by molar-refractivity contribution is -0.151. The first kappa shape index (κ1) is 25.7. The average molecular weight is 500 g/mol. The normalized spacial score (nSPS) is 15.7. The molecule has 34 heavy (non-hydrogen) atoms. The van der Waals surface area contributed by atoms with Crippen LogP contribution in [0.3, 0.4) is 0 Å². The molecule has 2 aromatic rings. The molecule has 11 heteroatoms. The van der Waals surface area contributed by atoms with Crippen molar-refractivity contribution in [3.63, 3.8) is 0 Å². The van der Waals surface area contributed by atoms with Gasteiger partial charge in [0, 0.05) is 24.2 Å². The minimum Gasteiger partial charge on any atom is -0.496 e. The van der Waals surface area contributed by atoms with E-state index in [9.17, 15) is 31.2 Å². The number of methoxy groups -OCH3 is 1. The third kappa shape index (κ3) is 5.58. The molecule has 0 bridgehead atoms. The molecular formula is C23H24F3NO6S. The Labute approximate surface area is 195 Å². The molecule has 0 amide bonds. The van der Waals surface area contributed by atoms with E-state index in [-0.39, 0.29) is 38.3 Å². The molecule has 0 aromatic heterocycles. The molecule has 3 rings (SSSR count). The maximum Gasteiger partial charge on any atom is 0.417 e. The number of ketones is 1. The molecule has 0 N–H and O–H groups in total. The number of hydrogen-bond acceptors (Lipinski definition) is 6. The van der Waals surface area contributed by atoms with Crippen LogP contribution in [0.5, 0.6) is 5.75 Å². The number of rotatable bonds is 7. The topological polar surface area (TPSA) is 90.0 Å². The standard InChI is InChI=1S/C23H24F3NO6S/c1-15(28)17-7-8-20(32-2)18(13-17)14-33-22(29)16-9-11-27(12-10-16)34(30,31)21-6-4-3-5-19(21)23(24,25)26/h3-8,13,16H,9-12,14H2,1-2H3. The van der Waals surface area contributed by atoms with Gasteiger partial charge in [0.25, 0.3) is 0 Å². The zero-order valence-electron chi connectivity index (χ0n) is 18.6. The Morgan fingerprint density at radius 1 is 1.09 bits per heavy atom. The van der Waals surface area contributed by atoms with Gasteiger partial charge in [-0.05, 0) is 50.1 Å². The van der Waals surface area contributed by atoms with Gasteiger partial charge in [0.1, 0.15) is 12.4 Å². The summed E-state index contributed by atoms with van der Waals surface area (Å²) in [5.74, 6) is -0.868. The summed E-state index contributed by atoms with van der Waals surface area (Å²) in [5.41, 5.74) is -0.282. The smallest absolute Gasteiger partial charge is 0.417 e. The van der Waals surface area contributed by atoms with Gasteiger partial charge in [-0.3, -0.25) is 9.59 Å². The van der Waals surface area contributed by atoms with Gasteiger partial charge in [0.2, 0.25) is 10.0 Å². The van der Waals surface area contributed by atoms with Crippen LogP contribution in [0.2, 0.25) is 0 Å². The van der Waals surface area contributed by atoms with E-state index in [1.165, 1.54) is 20.1 Å². The molecule has 0 unspecified atom stereocenters. The molecule has 0 aliphatic carbocycles. The molecule has 2 aromatic carbocycles. The van der Waals surface area contributed by atoms with Crippen molar-refractivity contribution >= 4 is 21.8 Å². The predicted molar refractivity (Wildman–Crippen MR) is 116 cm³/mol. The SMILES string of the molecule is COc1ccc(C(C)=O)cc1COC(=O)C1CCN(S(=O)(=O)c2ccccc2C(F)(F)F)CC1. The average Bonchev–Trinajstić information content (AvgIpc) is 2.81. The first-order chi connectivity index (χ1) is 15.9. The number of alkyl halides is 3. The van der Waals surface area contributed by atoms with Crippen LogP contribution in [0.4, 0.5) is 13.2 Å². The van der Waals surface area contributed by atoms with Crippen molar-refractivity contribution in [1.82, 2.24) is 4.31 Å². The van der Waals surface area contributed by atoms with Gasteiger partial charge in [-0.2, -0.15) is 17.5 Å². The molecule has 1 heterocycles. The van der Waals surface area contributed by atoms with E-state index in [1.807, 2.05) is 0 Å². The number of halogens is 3. The summed E-state index contributed by atoms with van der Waals surface area (Å²) >= 11 is 0. The number of benzene rings is 2. The highest BCUT2D eigenvalue weighted by molar-refractivity contribution is 7.89. The zero-order chi connectivity index (χ0) is 25.1. The van der Waals surface area contributed by atoms with Gasteiger partial charge in [0.15, 0.2) is 5.78 Å². The van der Waals surface area contributed by atoms with E-state index in [1.54, 1.807) is 18.2 Å². The minimum atomic E-state index is -4.81. The highest BCUT2D eigenvalue weighted by Gasteiger charge is 2.40. The summed E-state index contributed by atoms with van der Waals surface area (Å²) in [6.45, 7) is 1.04. The fourth-order valence-electron chi connectivity index (χ4n) is 3.77. The summed E-state index contributed by atoms with van der Waals surface area (Å²) in [7, 11) is -2.94. The van der Waals surface area contributed by atoms with E-state index in [0.717, 1.165) is 22.5 Å². The number of hydrogen-bond donors (Lipinski definition) is 0. The molecule has 0 atom stereocenters. The Bertz CT molecular complexity index is 1170. The zero-order valence-corrected chi connectivity index (χ0v) is 19.4. The van der Waals surface area contributed by atoms with Crippen LogP contribution in [0.1, 0.15) is 41.3 Å². The quantitative estimate of drug-likeness (QED) is 0.422. The molecule has 0 saturated carbocycles. The van der Waals surface area contributed by atoms with Crippen LogP contribution in [-0.2, 0) is 32.3 Å². The van der Waals surface area contributed by atoms with E-state index >= 15 is 0 Å². The highest BCUT2D eigenvalue weighted by atomic mass is 32.2. The molecule has 1 aliphatic heterocycles. The first-order valence-electron chi connectivity index (χ1n) is 10.5. The first-order valence-corrected chi connectivity index (χ1v) is 11.9. The van der Waals surface area contributed by atoms with E-state index < -0.39 is 38.5 Å². The van der Waals surface area contributed by atoms with Crippen LogP contribution in [0.25, 0.3) is 0 Å². The van der Waals surface area contributed by atoms with Crippen molar-refractivity contribution < 1.29 is 40.7 Å². The van der Waals surface area contributed by atoms with E-state index in [0.29, 0.717) is 16.9 Å². The molecule has 1 fully saturated rings. The number of piperidine rings is 1. The molecule has 1 saturated heterocycles. The van der Waals surface area contributed by atoms with Crippen molar-refractivity contribution in [2.45, 2.75) is 37.4 Å². The van der Waals surface area contributed by atoms with Crippen LogP contribution < -0.4 is 4.74 Å². The minimum absolute atomic E-state index is 0.108. The number of carbonyl (C=O) groups is 2. The largest absolute Gasteiger partial charge is 0.496 e. The third-order valence-electron chi connectivity index (χ3n) is 5.65. The molecule has 1 aliphatic rings.